The van der Waals surface area contributed by atoms with Crippen molar-refractivity contribution >= 4 is 0 Å². The third-order valence-corrected chi connectivity index (χ3v) is 4.34. The lowest BCUT2D eigenvalue weighted by atomic mass is 9.99. The lowest BCUT2D eigenvalue weighted by Crippen LogP contribution is -2.38. The Morgan fingerprint density at radius 3 is 2.25 bits per heavy atom. The lowest BCUT2D eigenvalue weighted by Gasteiger charge is -2.30. The summed E-state index contributed by atoms with van der Waals surface area (Å²) >= 11 is 0. The third kappa shape index (κ3) is 2.51. The zero-order valence-corrected chi connectivity index (χ0v) is 11.5. The molecule has 0 radical (unpaired) electrons. The van der Waals surface area contributed by atoms with E-state index in [9.17, 15) is 0 Å². The molecule has 0 aromatic heterocycles. The minimum absolute atomic E-state index is 0.690. The summed E-state index contributed by atoms with van der Waals surface area (Å²) in [5, 5.41) is 0. The normalized spacial score (nSPS) is 37.9. The van der Waals surface area contributed by atoms with E-state index in [4.69, 9.17) is 0 Å². The molecule has 1 heterocycles. The first kappa shape index (κ1) is 12.2. The molecule has 16 heavy (non-hydrogen) atoms. The second-order valence-corrected chi connectivity index (χ2v) is 6.48. The van der Waals surface area contributed by atoms with Crippen LogP contribution >= 0.6 is 0 Å². The Balaban J connectivity index is 2.02. The highest BCUT2D eigenvalue weighted by molar-refractivity contribution is 5.18. The molecular formula is C15H27N. The molecule has 0 N–H and O–H groups in total. The molecule has 1 saturated heterocycles. The van der Waals surface area contributed by atoms with Crippen molar-refractivity contribution in [3.8, 4) is 0 Å². The fourth-order valence-corrected chi connectivity index (χ4v) is 2.99. The van der Waals surface area contributed by atoms with E-state index in [1.165, 1.54) is 19.4 Å². The van der Waals surface area contributed by atoms with Crippen LogP contribution in [0, 0.1) is 17.8 Å². The van der Waals surface area contributed by atoms with Crippen molar-refractivity contribution < 1.29 is 0 Å². The molecule has 0 spiro atoms. The third-order valence-electron chi connectivity index (χ3n) is 4.34. The molecule has 0 amide bonds. The number of hydrogen-bond donors (Lipinski definition) is 0. The molecular weight excluding hydrogens is 194 g/mol. The Kier molecular flexibility index (Phi) is 3.44. The molecule has 92 valence electrons. The van der Waals surface area contributed by atoms with Gasteiger partial charge in [0.05, 0.1) is 0 Å². The minimum Gasteiger partial charge on any atom is -0.293 e. The van der Waals surface area contributed by atoms with E-state index in [2.05, 4.69) is 45.6 Å². The first-order chi connectivity index (χ1) is 7.49. The molecule has 1 heteroatoms. The van der Waals surface area contributed by atoms with Gasteiger partial charge in [0.15, 0.2) is 0 Å². The van der Waals surface area contributed by atoms with Crippen molar-refractivity contribution in [3.05, 3.63) is 11.6 Å². The molecule has 0 aromatic rings. The molecule has 3 atom stereocenters. The quantitative estimate of drug-likeness (QED) is 0.657. The van der Waals surface area contributed by atoms with Crippen LogP contribution in [0.25, 0.3) is 0 Å². The summed E-state index contributed by atoms with van der Waals surface area (Å²) in [5.74, 6) is 2.65. The van der Waals surface area contributed by atoms with Gasteiger partial charge in [-0.1, -0.05) is 32.4 Å². The molecule has 1 aliphatic carbocycles. The van der Waals surface area contributed by atoms with Crippen LogP contribution in [0.15, 0.2) is 11.6 Å². The molecule has 3 unspecified atom stereocenters. The zero-order valence-electron chi connectivity index (χ0n) is 11.5. The van der Waals surface area contributed by atoms with Gasteiger partial charge >= 0.3 is 0 Å². The lowest BCUT2D eigenvalue weighted by molar-refractivity contribution is 0.166. The maximum atomic E-state index is 2.68. The Bertz CT molecular complexity index is 259. The molecule has 0 aromatic carbocycles. The molecule has 1 saturated carbocycles. The standard InChI is InChI=1S/C15H27N/c1-10(2)15-8-13(7-14-6-12(14)5)9-16(15)11(3)4/h7,10-12,14-15H,6,8-9H2,1-5H3/b13-7-. The average Bonchev–Trinajstić information content (AvgIpc) is 2.73. The maximum absolute atomic E-state index is 2.68. The zero-order chi connectivity index (χ0) is 11.9. The molecule has 2 fully saturated rings. The van der Waals surface area contributed by atoms with Crippen LogP contribution < -0.4 is 0 Å². The number of rotatable bonds is 3. The van der Waals surface area contributed by atoms with Crippen LogP contribution in [-0.4, -0.2) is 23.5 Å². The Labute approximate surface area is 101 Å². The number of nitrogens with zero attached hydrogens (tertiary/aromatic N) is 1. The Hall–Kier alpha value is -0.300. The Morgan fingerprint density at radius 2 is 1.88 bits per heavy atom. The summed E-state index contributed by atoms with van der Waals surface area (Å²) in [7, 11) is 0. The van der Waals surface area contributed by atoms with E-state index in [0.717, 1.165) is 23.8 Å². The van der Waals surface area contributed by atoms with Crippen molar-refractivity contribution in [2.45, 2.75) is 59.5 Å². The van der Waals surface area contributed by atoms with E-state index in [1.54, 1.807) is 5.57 Å². The molecule has 2 rings (SSSR count). The monoisotopic (exact) mass is 221 g/mol. The topological polar surface area (TPSA) is 3.24 Å². The summed E-state index contributed by atoms with van der Waals surface area (Å²) < 4.78 is 0. The van der Waals surface area contributed by atoms with Gasteiger partial charge in [0.25, 0.3) is 0 Å². The second kappa shape index (κ2) is 4.52. The number of hydrogen-bond acceptors (Lipinski definition) is 1. The fraction of sp³-hybridized carbons (Fsp3) is 0.867. The Morgan fingerprint density at radius 1 is 1.25 bits per heavy atom. The predicted octanol–water partition coefficient (Wildman–Crippen LogP) is 3.71. The SMILES string of the molecule is CC(C)C1C/C(=C/C2CC2C)CN1C(C)C. The largest absolute Gasteiger partial charge is 0.293 e. The van der Waals surface area contributed by atoms with Gasteiger partial charge in [-0.3, -0.25) is 4.90 Å². The van der Waals surface area contributed by atoms with Crippen molar-refractivity contribution in [2.75, 3.05) is 6.54 Å². The highest BCUT2D eigenvalue weighted by Gasteiger charge is 2.35. The van der Waals surface area contributed by atoms with Crippen molar-refractivity contribution in [1.29, 1.82) is 0 Å². The van der Waals surface area contributed by atoms with Gasteiger partial charge in [-0.15, -0.1) is 0 Å². The fourth-order valence-electron chi connectivity index (χ4n) is 2.99. The number of allylic oxidation sites excluding steroid dienone is 1. The van der Waals surface area contributed by atoms with Gasteiger partial charge in [0.1, 0.15) is 0 Å². The summed E-state index contributed by atoms with van der Waals surface area (Å²) in [5.41, 5.74) is 1.71. The second-order valence-electron chi connectivity index (χ2n) is 6.48. The first-order valence-corrected chi connectivity index (χ1v) is 6.94. The summed E-state index contributed by atoms with van der Waals surface area (Å²) in [6, 6.07) is 1.47. The van der Waals surface area contributed by atoms with Crippen LogP contribution in [0.5, 0.6) is 0 Å². The van der Waals surface area contributed by atoms with Gasteiger partial charge < -0.3 is 0 Å². The molecule has 0 bridgehead atoms. The van der Waals surface area contributed by atoms with Crippen molar-refractivity contribution in [2.24, 2.45) is 17.8 Å². The van der Waals surface area contributed by atoms with E-state index in [0.29, 0.717) is 6.04 Å². The van der Waals surface area contributed by atoms with Crippen LogP contribution in [0.3, 0.4) is 0 Å². The van der Waals surface area contributed by atoms with E-state index < -0.39 is 0 Å². The van der Waals surface area contributed by atoms with Crippen LogP contribution in [-0.2, 0) is 0 Å². The number of likely N-dealkylation sites (tertiary alicyclic amines) is 1. The van der Waals surface area contributed by atoms with Gasteiger partial charge in [-0.25, -0.2) is 0 Å². The maximum Gasteiger partial charge on any atom is 0.0199 e. The summed E-state index contributed by atoms with van der Waals surface area (Å²) in [6.45, 7) is 13.0. The molecule has 1 nitrogen and oxygen atoms in total. The van der Waals surface area contributed by atoms with E-state index in [1.807, 2.05) is 0 Å². The average molecular weight is 221 g/mol. The predicted molar refractivity (Wildman–Crippen MR) is 70.4 cm³/mol. The first-order valence-electron chi connectivity index (χ1n) is 6.94. The van der Waals surface area contributed by atoms with E-state index >= 15 is 0 Å². The van der Waals surface area contributed by atoms with Crippen molar-refractivity contribution in [1.82, 2.24) is 4.90 Å². The van der Waals surface area contributed by atoms with Crippen LogP contribution in [0.1, 0.15) is 47.5 Å². The van der Waals surface area contributed by atoms with Gasteiger partial charge in [0.2, 0.25) is 0 Å². The van der Waals surface area contributed by atoms with Crippen LogP contribution in [0.4, 0.5) is 0 Å². The van der Waals surface area contributed by atoms with Gasteiger partial charge in [-0.2, -0.15) is 0 Å². The summed E-state index contributed by atoms with van der Waals surface area (Å²) in [4.78, 5) is 2.68. The van der Waals surface area contributed by atoms with Gasteiger partial charge in [0, 0.05) is 18.6 Å². The minimum atomic E-state index is 0.690. The smallest absolute Gasteiger partial charge is 0.0199 e. The molecule has 2 aliphatic rings. The van der Waals surface area contributed by atoms with Crippen molar-refractivity contribution in [3.63, 3.8) is 0 Å². The summed E-state index contributed by atoms with van der Waals surface area (Å²) in [6.07, 6.45) is 5.33. The highest BCUT2D eigenvalue weighted by atomic mass is 15.2. The van der Waals surface area contributed by atoms with E-state index in [-0.39, 0.29) is 0 Å². The highest BCUT2D eigenvalue weighted by Crippen LogP contribution is 2.41. The van der Waals surface area contributed by atoms with Gasteiger partial charge in [-0.05, 0) is 44.4 Å². The van der Waals surface area contributed by atoms with Crippen LogP contribution in [0.2, 0.25) is 0 Å². The molecule has 1 aliphatic heterocycles.